The molecule has 152 valence electrons. The smallest absolute Gasteiger partial charge is 0.305 e. The van der Waals surface area contributed by atoms with Gasteiger partial charge in [0.1, 0.15) is 0 Å². The van der Waals surface area contributed by atoms with Gasteiger partial charge in [0.2, 0.25) is 11.8 Å². The summed E-state index contributed by atoms with van der Waals surface area (Å²) in [5, 5.41) is 0. The molecular weight excluding hydrogens is 378 g/mol. The highest BCUT2D eigenvalue weighted by molar-refractivity contribution is 6.23. The maximum atomic E-state index is 13.4. The van der Waals surface area contributed by atoms with Gasteiger partial charge in [-0.3, -0.25) is 19.2 Å². The molecule has 2 fully saturated rings. The molecule has 2 amide bonds. The van der Waals surface area contributed by atoms with Gasteiger partial charge in [-0.1, -0.05) is 31.2 Å². The molecular formula is C21H21NO7. The number of hydrogen-bond acceptors (Lipinski definition) is 7. The maximum Gasteiger partial charge on any atom is 0.305 e. The number of amides is 2. The van der Waals surface area contributed by atoms with E-state index in [0.717, 1.165) is 5.56 Å². The number of nitrogens with zero attached hydrogens (tertiary/aromatic N) is 1. The number of fused-ring (bicyclic) bond motifs is 5. The van der Waals surface area contributed by atoms with E-state index in [-0.39, 0.29) is 5.91 Å². The van der Waals surface area contributed by atoms with E-state index in [2.05, 4.69) is 0 Å². The van der Waals surface area contributed by atoms with Crippen LogP contribution in [0.2, 0.25) is 0 Å². The molecule has 4 rings (SSSR count). The molecule has 8 heteroatoms. The first kappa shape index (κ1) is 19.3. The van der Waals surface area contributed by atoms with Gasteiger partial charge in [-0.2, -0.15) is 0 Å². The number of esters is 2. The summed E-state index contributed by atoms with van der Waals surface area (Å²) in [5.41, 5.74) is -0.138. The summed E-state index contributed by atoms with van der Waals surface area (Å²) >= 11 is 0. The summed E-state index contributed by atoms with van der Waals surface area (Å²) in [5.74, 6) is -3.96. The Morgan fingerprint density at radius 3 is 2.41 bits per heavy atom. The van der Waals surface area contributed by atoms with Gasteiger partial charge in [-0.25, -0.2) is 4.90 Å². The number of aryl methyl sites for hydroxylation is 1. The second-order valence-electron chi connectivity index (χ2n) is 7.34. The van der Waals surface area contributed by atoms with E-state index in [4.69, 9.17) is 14.2 Å². The fourth-order valence-electron chi connectivity index (χ4n) is 4.48. The van der Waals surface area contributed by atoms with Crippen LogP contribution in [0.15, 0.2) is 36.4 Å². The van der Waals surface area contributed by atoms with E-state index in [0.29, 0.717) is 12.1 Å². The first-order valence-corrected chi connectivity index (χ1v) is 9.47. The molecule has 2 bridgehead atoms. The maximum absolute atomic E-state index is 13.4. The van der Waals surface area contributed by atoms with E-state index in [1.54, 1.807) is 24.3 Å². The van der Waals surface area contributed by atoms with Gasteiger partial charge in [-0.15, -0.1) is 0 Å². The molecule has 1 aromatic carbocycles. The minimum absolute atomic E-state index is 0.374. The first-order chi connectivity index (χ1) is 13.8. The Morgan fingerprint density at radius 1 is 1.14 bits per heavy atom. The van der Waals surface area contributed by atoms with Crippen LogP contribution >= 0.6 is 0 Å². The van der Waals surface area contributed by atoms with Crippen LogP contribution in [-0.4, -0.2) is 41.7 Å². The number of carbonyl (C=O) groups excluding carboxylic acids is 4. The SMILES string of the molecule is CCc1ccccc1N1C(=O)[C@@H]2[C@@H](C1=O)[C@@]1(C(OC(C)=O)OC(C)=O)C=C[C@H]2O1. The van der Waals surface area contributed by atoms with Crippen molar-refractivity contribution in [2.24, 2.45) is 11.8 Å². The second-order valence-corrected chi connectivity index (χ2v) is 7.34. The second kappa shape index (κ2) is 6.81. The Morgan fingerprint density at radius 2 is 1.79 bits per heavy atom. The highest BCUT2D eigenvalue weighted by Gasteiger charge is 2.72. The van der Waals surface area contributed by atoms with Gasteiger partial charge in [0, 0.05) is 13.8 Å². The predicted octanol–water partition coefficient (Wildman–Crippen LogP) is 1.51. The van der Waals surface area contributed by atoms with Crippen molar-refractivity contribution in [3.05, 3.63) is 42.0 Å². The molecule has 0 saturated carbocycles. The number of anilines is 1. The Hall–Kier alpha value is -3.00. The topological polar surface area (TPSA) is 99.2 Å². The Bertz CT molecular complexity index is 923. The predicted molar refractivity (Wildman–Crippen MR) is 99.4 cm³/mol. The largest absolute Gasteiger partial charge is 0.422 e. The summed E-state index contributed by atoms with van der Waals surface area (Å²) in [6.07, 6.45) is 1.74. The zero-order valence-electron chi connectivity index (χ0n) is 16.3. The van der Waals surface area contributed by atoms with E-state index in [1.807, 2.05) is 19.1 Å². The Kier molecular flexibility index (Phi) is 4.53. The first-order valence-electron chi connectivity index (χ1n) is 9.47. The fourth-order valence-corrected chi connectivity index (χ4v) is 4.48. The minimum Gasteiger partial charge on any atom is -0.422 e. The molecule has 3 aliphatic heterocycles. The Balaban J connectivity index is 1.77. The van der Waals surface area contributed by atoms with Crippen LogP contribution < -0.4 is 4.90 Å². The van der Waals surface area contributed by atoms with E-state index in [1.165, 1.54) is 18.7 Å². The van der Waals surface area contributed by atoms with Gasteiger partial charge < -0.3 is 14.2 Å². The molecule has 0 aromatic heterocycles. The number of imide groups is 1. The van der Waals surface area contributed by atoms with Gasteiger partial charge in [-0.05, 0) is 24.1 Å². The lowest BCUT2D eigenvalue weighted by Gasteiger charge is -2.34. The molecule has 1 aromatic rings. The number of hydrogen-bond donors (Lipinski definition) is 0. The van der Waals surface area contributed by atoms with E-state index in [9.17, 15) is 19.2 Å². The van der Waals surface area contributed by atoms with Crippen molar-refractivity contribution in [1.29, 1.82) is 0 Å². The van der Waals surface area contributed by atoms with Crippen molar-refractivity contribution in [3.8, 4) is 0 Å². The Labute approximate surface area is 167 Å². The fraction of sp³-hybridized carbons (Fsp3) is 0.429. The average molecular weight is 399 g/mol. The van der Waals surface area contributed by atoms with Gasteiger partial charge >= 0.3 is 11.9 Å². The lowest BCUT2D eigenvalue weighted by atomic mass is 9.76. The molecule has 3 aliphatic rings. The summed E-state index contributed by atoms with van der Waals surface area (Å²) in [6, 6.07) is 7.21. The molecule has 8 nitrogen and oxygen atoms in total. The number of para-hydroxylation sites is 1. The van der Waals surface area contributed by atoms with Crippen molar-refractivity contribution in [2.75, 3.05) is 4.90 Å². The average Bonchev–Trinajstić information content (AvgIpc) is 3.32. The van der Waals surface area contributed by atoms with Gasteiger partial charge in [0.05, 0.1) is 23.6 Å². The number of carbonyl (C=O) groups is 4. The molecule has 3 heterocycles. The summed E-state index contributed by atoms with van der Waals surface area (Å²) in [7, 11) is 0. The van der Waals surface area contributed by atoms with Gasteiger partial charge in [0.15, 0.2) is 5.60 Å². The van der Waals surface area contributed by atoms with Crippen molar-refractivity contribution in [1.82, 2.24) is 0 Å². The molecule has 0 aliphatic carbocycles. The molecule has 0 spiro atoms. The molecule has 29 heavy (non-hydrogen) atoms. The van der Waals surface area contributed by atoms with Crippen LogP contribution in [-0.2, 0) is 39.8 Å². The zero-order valence-corrected chi connectivity index (χ0v) is 16.3. The summed E-state index contributed by atoms with van der Waals surface area (Å²) in [6.45, 7) is 4.28. The summed E-state index contributed by atoms with van der Waals surface area (Å²) < 4.78 is 16.3. The van der Waals surface area contributed by atoms with Crippen LogP contribution in [0.1, 0.15) is 26.3 Å². The standard InChI is InChI=1S/C21H21NO7/c1-4-13-7-5-6-8-14(13)22-18(25)16-15-9-10-21(29-15,17(16)19(22)26)20(27-11(2)23)28-12(3)24/h5-10,15-17,20H,4H2,1-3H3/t15-,16+,17+,21-/m1/s1. The normalized spacial score (nSPS) is 29.5. The van der Waals surface area contributed by atoms with Crippen LogP contribution in [0.25, 0.3) is 0 Å². The van der Waals surface area contributed by atoms with Crippen LogP contribution in [0, 0.1) is 11.8 Å². The third-order valence-corrected chi connectivity index (χ3v) is 5.61. The third kappa shape index (κ3) is 2.78. The van der Waals surface area contributed by atoms with Crippen LogP contribution in [0.3, 0.4) is 0 Å². The number of rotatable bonds is 5. The monoisotopic (exact) mass is 399 g/mol. The highest BCUT2D eigenvalue weighted by atomic mass is 16.7. The van der Waals surface area contributed by atoms with Gasteiger partial charge in [0.25, 0.3) is 6.29 Å². The van der Waals surface area contributed by atoms with E-state index >= 15 is 0 Å². The molecule has 0 radical (unpaired) electrons. The quantitative estimate of drug-likeness (QED) is 0.320. The van der Waals surface area contributed by atoms with Crippen molar-refractivity contribution < 1.29 is 33.4 Å². The third-order valence-electron chi connectivity index (χ3n) is 5.61. The highest BCUT2D eigenvalue weighted by Crippen LogP contribution is 2.54. The van der Waals surface area contributed by atoms with Crippen molar-refractivity contribution >= 4 is 29.4 Å². The minimum atomic E-state index is -1.53. The van der Waals surface area contributed by atoms with Crippen molar-refractivity contribution in [3.63, 3.8) is 0 Å². The zero-order chi connectivity index (χ0) is 20.9. The van der Waals surface area contributed by atoms with Crippen LogP contribution in [0.4, 0.5) is 5.69 Å². The van der Waals surface area contributed by atoms with Crippen molar-refractivity contribution in [2.45, 2.75) is 45.2 Å². The molecule has 0 unspecified atom stereocenters. The lowest BCUT2D eigenvalue weighted by molar-refractivity contribution is -0.226. The number of benzene rings is 1. The molecule has 4 atom stereocenters. The van der Waals surface area contributed by atoms with Crippen LogP contribution in [0.5, 0.6) is 0 Å². The molecule has 2 saturated heterocycles. The number of ether oxygens (including phenoxy) is 3. The molecule has 0 N–H and O–H groups in total. The van der Waals surface area contributed by atoms with E-state index < -0.39 is 47.7 Å². The lowest BCUT2D eigenvalue weighted by Crippen LogP contribution is -2.52. The summed E-state index contributed by atoms with van der Waals surface area (Å²) in [4.78, 5) is 51.1.